The third-order valence-corrected chi connectivity index (χ3v) is 5.77. The van der Waals surface area contributed by atoms with E-state index in [1.165, 1.54) is 21.3 Å². The minimum Gasteiger partial charge on any atom is -0.493 e. The Bertz CT molecular complexity index is 1540. The molecule has 0 saturated carbocycles. The summed E-state index contributed by atoms with van der Waals surface area (Å²) < 4.78 is 4.51. The van der Waals surface area contributed by atoms with Crippen LogP contribution < -0.4 is 16.9 Å². The molecule has 2 aromatic heterocycles. The summed E-state index contributed by atoms with van der Waals surface area (Å²) >= 11 is 9.29. The van der Waals surface area contributed by atoms with Gasteiger partial charge in [0.25, 0.3) is 5.56 Å². The van der Waals surface area contributed by atoms with Crippen molar-refractivity contribution in [3.8, 4) is 11.6 Å². The molecule has 2 aromatic carbocycles. The van der Waals surface area contributed by atoms with Gasteiger partial charge in [-0.2, -0.15) is 0 Å². The number of imidazole rings is 1. The molecule has 0 bridgehead atoms. The van der Waals surface area contributed by atoms with Crippen molar-refractivity contribution >= 4 is 50.5 Å². The van der Waals surface area contributed by atoms with Crippen molar-refractivity contribution < 1.29 is 5.11 Å². The van der Waals surface area contributed by atoms with Crippen LogP contribution in [0.25, 0.3) is 16.7 Å². The molecule has 0 aliphatic heterocycles. The highest BCUT2D eigenvalue weighted by atomic mass is 79.9. The van der Waals surface area contributed by atoms with Crippen molar-refractivity contribution in [2.75, 3.05) is 0 Å². The number of hydrogen-bond donors (Lipinski definition) is 2. The van der Waals surface area contributed by atoms with Gasteiger partial charge < -0.3 is 5.11 Å². The molecule has 2 N–H and O–H groups in total. The molecule has 31 heavy (non-hydrogen) atoms. The summed E-state index contributed by atoms with van der Waals surface area (Å²) in [7, 11) is 3.31. The molecule has 0 unspecified atom stereocenters. The summed E-state index contributed by atoms with van der Waals surface area (Å²) in [6.45, 7) is 0. The van der Waals surface area contributed by atoms with Gasteiger partial charge in [0.05, 0.1) is 22.4 Å². The van der Waals surface area contributed by atoms with E-state index in [-0.39, 0.29) is 11.3 Å². The number of rotatable bonds is 3. The Labute approximate surface area is 187 Å². The number of aliphatic imine (C=N–C) groups is 1. The van der Waals surface area contributed by atoms with E-state index >= 15 is 0 Å². The lowest BCUT2D eigenvalue weighted by atomic mass is 10.2. The number of aromatic amines is 1. The van der Waals surface area contributed by atoms with Crippen molar-refractivity contribution in [1.29, 1.82) is 0 Å². The van der Waals surface area contributed by atoms with E-state index in [4.69, 9.17) is 11.6 Å². The van der Waals surface area contributed by atoms with Crippen LogP contribution in [0.15, 0.2) is 60.2 Å². The van der Waals surface area contributed by atoms with Crippen LogP contribution in [-0.2, 0) is 14.1 Å². The molecule has 9 nitrogen and oxygen atoms in total. The largest absolute Gasteiger partial charge is 0.493 e. The zero-order chi connectivity index (χ0) is 22.4. The van der Waals surface area contributed by atoms with E-state index in [1.54, 1.807) is 38.4 Å². The van der Waals surface area contributed by atoms with Crippen LogP contribution in [0.5, 0.6) is 5.88 Å². The average Bonchev–Trinajstić information content (AvgIpc) is 2.92. The smallest absolute Gasteiger partial charge is 0.335 e. The zero-order valence-corrected chi connectivity index (χ0v) is 18.6. The van der Waals surface area contributed by atoms with Crippen LogP contribution >= 0.6 is 27.5 Å². The van der Waals surface area contributed by atoms with Gasteiger partial charge >= 0.3 is 11.4 Å². The number of aryl methyl sites for hydroxylation is 2. The minimum atomic E-state index is -0.802. The number of aromatic nitrogens is 4. The topological polar surface area (TPSA) is 114 Å². The van der Waals surface area contributed by atoms with E-state index in [0.29, 0.717) is 31.9 Å². The third-order valence-electron chi connectivity index (χ3n) is 4.88. The van der Waals surface area contributed by atoms with Crippen LogP contribution in [0.2, 0.25) is 5.02 Å². The number of benzene rings is 2. The monoisotopic (exact) mass is 503 g/mol. The number of nitrogens with zero attached hydrogens (tertiary/aromatic N) is 4. The van der Waals surface area contributed by atoms with Crippen LogP contribution in [0.3, 0.4) is 0 Å². The Morgan fingerprint density at radius 1 is 1.06 bits per heavy atom. The fourth-order valence-corrected chi connectivity index (χ4v) is 3.79. The van der Waals surface area contributed by atoms with E-state index in [1.807, 2.05) is 0 Å². The summed E-state index contributed by atoms with van der Waals surface area (Å²) in [6, 6.07) is 9.59. The lowest BCUT2D eigenvalue weighted by Crippen LogP contribution is -2.31. The predicted molar refractivity (Wildman–Crippen MR) is 122 cm³/mol. The van der Waals surface area contributed by atoms with Crippen molar-refractivity contribution in [2.45, 2.75) is 0 Å². The Balaban J connectivity index is 1.86. The Kier molecular flexibility index (Phi) is 5.19. The third kappa shape index (κ3) is 3.53. The molecule has 0 atom stereocenters. The second-order valence-electron chi connectivity index (χ2n) is 6.76. The minimum absolute atomic E-state index is 0.188. The first-order chi connectivity index (χ1) is 14.7. The maximum Gasteiger partial charge on any atom is 0.335 e. The van der Waals surface area contributed by atoms with Gasteiger partial charge in [0.1, 0.15) is 5.56 Å². The Morgan fingerprint density at radius 3 is 2.32 bits per heavy atom. The van der Waals surface area contributed by atoms with Gasteiger partial charge in [-0.15, -0.1) is 0 Å². The first-order valence-electron chi connectivity index (χ1n) is 8.92. The van der Waals surface area contributed by atoms with Gasteiger partial charge in [0.2, 0.25) is 5.88 Å². The highest BCUT2D eigenvalue weighted by Crippen LogP contribution is 2.30. The van der Waals surface area contributed by atoms with E-state index in [0.717, 1.165) is 10.8 Å². The standard InChI is InChI=1S/C20H15BrClN5O4/c1-25-15-7-13(21)14(8-16(15)26(2)20(25)31)23-9-12-17(28)24-19(30)27(18(12)29)11-5-3-10(22)4-6-11/h3-9,29H,1-2H3,(H,24,28,30). The molecule has 0 aliphatic rings. The summed E-state index contributed by atoms with van der Waals surface area (Å²) in [5, 5.41) is 11.1. The molecule has 158 valence electrons. The highest BCUT2D eigenvalue weighted by Gasteiger charge is 2.15. The Morgan fingerprint density at radius 2 is 1.68 bits per heavy atom. The SMILES string of the molecule is Cn1c(=O)n(C)c2cc(N=Cc3c(O)n(-c4ccc(Cl)cc4)c(=O)[nH]c3=O)c(Br)cc21. The van der Waals surface area contributed by atoms with Gasteiger partial charge in [0, 0.05) is 29.8 Å². The fourth-order valence-electron chi connectivity index (χ4n) is 3.23. The summed E-state index contributed by atoms with van der Waals surface area (Å²) in [5.41, 5.74) is 0.110. The van der Waals surface area contributed by atoms with Gasteiger partial charge in [0.15, 0.2) is 0 Å². The van der Waals surface area contributed by atoms with Gasteiger partial charge in [-0.1, -0.05) is 11.6 Å². The molecular formula is C20H15BrClN5O4. The van der Waals surface area contributed by atoms with Crippen molar-refractivity contribution in [1.82, 2.24) is 18.7 Å². The van der Waals surface area contributed by atoms with Crippen molar-refractivity contribution in [3.63, 3.8) is 0 Å². The fraction of sp³-hybridized carbons (Fsp3) is 0.100. The van der Waals surface area contributed by atoms with E-state index in [2.05, 4.69) is 25.9 Å². The second-order valence-corrected chi connectivity index (χ2v) is 8.05. The molecule has 0 aliphatic carbocycles. The van der Waals surface area contributed by atoms with E-state index in [9.17, 15) is 19.5 Å². The van der Waals surface area contributed by atoms with Crippen LogP contribution in [0.1, 0.15) is 5.56 Å². The number of nitrogens with one attached hydrogen (secondary N) is 1. The lowest BCUT2D eigenvalue weighted by molar-refractivity contribution is 0.430. The molecule has 0 amide bonds. The molecule has 0 spiro atoms. The van der Waals surface area contributed by atoms with Crippen LogP contribution in [0.4, 0.5) is 5.69 Å². The maximum absolute atomic E-state index is 12.3. The molecule has 0 saturated heterocycles. The molecule has 0 fully saturated rings. The summed E-state index contributed by atoms with van der Waals surface area (Å²) in [5.74, 6) is -0.566. The molecule has 2 heterocycles. The normalized spacial score (nSPS) is 11.6. The number of aromatic hydroxyl groups is 1. The average molecular weight is 505 g/mol. The van der Waals surface area contributed by atoms with E-state index < -0.39 is 17.1 Å². The molecule has 0 radical (unpaired) electrons. The first kappa shape index (κ1) is 20.9. The predicted octanol–water partition coefficient (Wildman–Crippen LogP) is 2.59. The molecule has 4 rings (SSSR count). The van der Waals surface area contributed by atoms with Gasteiger partial charge in [-0.25, -0.2) is 14.2 Å². The number of hydrogen-bond acceptors (Lipinski definition) is 5. The summed E-state index contributed by atoms with van der Waals surface area (Å²) in [6.07, 6.45) is 1.16. The zero-order valence-electron chi connectivity index (χ0n) is 16.3. The van der Waals surface area contributed by atoms with Crippen molar-refractivity contribution in [3.05, 3.63) is 82.8 Å². The van der Waals surface area contributed by atoms with Gasteiger partial charge in [-0.05, 0) is 52.3 Å². The molecule has 4 aromatic rings. The van der Waals surface area contributed by atoms with Gasteiger partial charge in [-0.3, -0.25) is 23.9 Å². The van der Waals surface area contributed by atoms with Crippen LogP contribution in [0, 0.1) is 0 Å². The number of halogens is 2. The highest BCUT2D eigenvalue weighted by molar-refractivity contribution is 9.10. The number of H-pyrrole nitrogens is 1. The summed E-state index contributed by atoms with van der Waals surface area (Å²) in [4.78, 5) is 43.2. The maximum atomic E-state index is 12.3. The van der Waals surface area contributed by atoms with Crippen molar-refractivity contribution in [2.24, 2.45) is 19.1 Å². The lowest BCUT2D eigenvalue weighted by Gasteiger charge is -2.09. The first-order valence-corrected chi connectivity index (χ1v) is 10.1. The molecule has 11 heteroatoms. The second kappa shape index (κ2) is 7.71. The molecular weight excluding hydrogens is 490 g/mol. The Hall–Kier alpha value is -3.37. The quantitative estimate of drug-likeness (QED) is 0.417. The van der Waals surface area contributed by atoms with Crippen LogP contribution in [-0.4, -0.2) is 30.0 Å². The number of fused-ring (bicyclic) bond motifs is 1.